The van der Waals surface area contributed by atoms with Crippen LogP contribution in [-0.4, -0.2) is 19.5 Å². The van der Waals surface area contributed by atoms with Gasteiger partial charge in [-0.05, 0) is 54.1 Å². The molecule has 0 aliphatic heterocycles. The normalized spacial score (nSPS) is 12.1. The Labute approximate surface area is 291 Å². The number of benzene rings is 6. The number of rotatable bonds is 5. The summed E-state index contributed by atoms with van der Waals surface area (Å²) in [4.78, 5) is 14.3. The molecule has 256 valence electrons. The lowest BCUT2D eigenvalue weighted by atomic mass is 9.97. The zero-order chi connectivity index (χ0) is 36.2. The predicted molar refractivity (Wildman–Crippen MR) is 186 cm³/mol. The van der Waals surface area contributed by atoms with Crippen molar-refractivity contribution >= 4 is 21.8 Å². The van der Waals surface area contributed by atoms with Crippen LogP contribution in [0.3, 0.4) is 0 Å². The first-order valence-corrected chi connectivity index (χ1v) is 15.9. The Morgan fingerprint density at radius 2 is 0.904 bits per heavy atom. The Kier molecular flexibility index (Phi) is 7.86. The molecule has 0 saturated carbocycles. The van der Waals surface area contributed by atoms with Gasteiger partial charge in [0.15, 0.2) is 17.5 Å². The summed E-state index contributed by atoms with van der Waals surface area (Å²) in [6.07, 6.45) is -9.44. The molecule has 11 heteroatoms. The van der Waals surface area contributed by atoms with E-state index in [-0.39, 0.29) is 33.7 Å². The van der Waals surface area contributed by atoms with Crippen molar-refractivity contribution in [1.29, 1.82) is 0 Å². The smallest absolute Gasteiger partial charge is 0.309 e. The van der Waals surface area contributed by atoms with Crippen molar-refractivity contribution in [3.05, 3.63) is 156 Å². The van der Waals surface area contributed by atoms with Crippen molar-refractivity contribution < 1.29 is 30.7 Å². The van der Waals surface area contributed by atoms with E-state index in [1.165, 1.54) is 41.0 Å². The fourth-order valence-electron chi connectivity index (χ4n) is 6.35. The molecule has 0 aliphatic carbocycles. The van der Waals surface area contributed by atoms with Gasteiger partial charge in [0.1, 0.15) is 5.82 Å². The van der Waals surface area contributed by atoms with Gasteiger partial charge in [-0.15, -0.1) is 0 Å². The number of nitrogens with zero attached hydrogens (tertiary/aromatic N) is 4. The van der Waals surface area contributed by atoms with Gasteiger partial charge in [0.05, 0.1) is 22.2 Å². The highest BCUT2D eigenvalue weighted by atomic mass is 19.4. The van der Waals surface area contributed by atoms with E-state index < -0.39 is 29.3 Å². The second-order valence-electron chi connectivity index (χ2n) is 12.0. The highest BCUT2D eigenvalue weighted by Crippen LogP contribution is 2.42. The summed E-state index contributed by atoms with van der Waals surface area (Å²) in [7, 11) is 0. The Balaban J connectivity index is 1.43. The molecule has 0 N–H and O–H groups in total. The topological polar surface area (TPSA) is 43.6 Å². The Hall–Kier alpha value is -6.36. The van der Waals surface area contributed by atoms with Crippen molar-refractivity contribution in [3.63, 3.8) is 0 Å². The lowest BCUT2D eigenvalue weighted by Gasteiger charge is -2.16. The Morgan fingerprint density at radius 3 is 1.40 bits per heavy atom. The van der Waals surface area contributed by atoms with Crippen molar-refractivity contribution in [2.75, 3.05) is 0 Å². The second-order valence-corrected chi connectivity index (χ2v) is 12.0. The van der Waals surface area contributed by atoms with Crippen molar-refractivity contribution in [2.24, 2.45) is 0 Å². The molecule has 4 nitrogen and oxygen atoms in total. The largest absolute Gasteiger partial charge is 0.416 e. The summed E-state index contributed by atoms with van der Waals surface area (Å²) in [6.45, 7) is 0. The van der Waals surface area contributed by atoms with Gasteiger partial charge in [0.2, 0.25) is 0 Å². The number of hydrogen-bond donors (Lipinski definition) is 0. The molecule has 0 atom stereocenters. The van der Waals surface area contributed by atoms with Crippen molar-refractivity contribution in [1.82, 2.24) is 19.5 Å². The van der Waals surface area contributed by atoms with Crippen LogP contribution in [0.2, 0.25) is 0 Å². The fourth-order valence-corrected chi connectivity index (χ4v) is 6.35. The Bertz CT molecular complexity index is 2480. The monoisotopic (exact) mass is 704 g/mol. The number of hydrogen-bond acceptors (Lipinski definition) is 3. The number of fused-ring (bicyclic) bond motifs is 3. The summed E-state index contributed by atoms with van der Waals surface area (Å²) in [6, 6.07) is 35.1. The maximum atomic E-state index is 15.7. The van der Waals surface area contributed by atoms with Crippen LogP contribution in [0, 0.1) is 5.82 Å². The molecule has 0 amide bonds. The summed E-state index contributed by atoms with van der Waals surface area (Å²) in [5.74, 6) is 0.255. The lowest BCUT2D eigenvalue weighted by molar-refractivity contribution is -0.138. The van der Waals surface area contributed by atoms with Gasteiger partial charge in [-0.25, -0.2) is 19.3 Å². The molecule has 0 aliphatic rings. The minimum Gasteiger partial charge on any atom is -0.309 e. The van der Waals surface area contributed by atoms with Gasteiger partial charge < -0.3 is 4.57 Å². The summed E-state index contributed by atoms with van der Waals surface area (Å²) < 4.78 is 101. The van der Waals surface area contributed by atoms with E-state index >= 15 is 4.39 Å². The van der Waals surface area contributed by atoms with Crippen molar-refractivity contribution in [2.45, 2.75) is 12.4 Å². The molecule has 8 aromatic rings. The van der Waals surface area contributed by atoms with E-state index in [1.807, 2.05) is 60.7 Å². The van der Waals surface area contributed by atoms with Gasteiger partial charge in [-0.3, -0.25) is 0 Å². The first-order chi connectivity index (χ1) is 25.0. The molecule has 0 spiro atoms. The maximum Gasteiger partial charge on any atom is 0.416 e. The zero-order valence-corrected chi connectivity index (χ0v) is 26.7. The molecule has 0 bridgehead atoms. The van der Waals surface area contributed by atoms with E-state index in [0.29, 0.717) is 39.1 Å². The predicted octanol–water partition coefficient (Wildman–Crippen LogP) is 11.8. The van der Waals surface area contributed by atoms with Crippen LogP contribution in [0.1, 0.15) is 11.1 Å². The first-order valence-electron chi connectivity index (χ1n) is 15.9. The van der Waals surface area contributed by atoms with E-state index in [0.717, 1.165) is 24.3 Å². The zero-order valence-electron chi connectivity index (χ0n) is 26.7. The highest BCUT2D eigenvalue weighted by molar-refractivity contribution is 6.10. The highest BCUT2D eigenvalue weighted by Gasteiger charge is 2.33. The van der Waals surface area contributed by atoms with Gasteiger partial charge in [0, 0.05) is 38.7 Å². The van der Waals surface area contributed by atoms with Gasteiger partial charge >= 0.3 is 12.4 Å². The third-order valence-electron chi connectivity index (χ3n) is 8.79. The molecular weight excluding hydrogens is 681 g/mol. The molecule has 0 saturated heterocycles. The van der Waals surface area contributed by atoms with E-state index in [1.54, 1.807) is 18.2 Å². The minimum absolute atomic E-state index is 0.0225. The van der Waals surface area contributed by atoms with Crippen LogP contribution >= 0.6 is 0 Å². The number of alkyl halides is 6. The first kappa shape index (κ1) is 32.8. The molecule has 2 aromatic heterocycles. The fraction of sp³-hybridized carbons (Fsp3) is 0.0488. The Morgan fingerprint density at radius 1 is 0.423 bits per heavy atom. The van der Waals surface area contributed by atoms with Gasteiger partial charge in [0.25, 0.3) is 0 Å². The van der Waals surface area contributed by atoms with Crippen molar-refractivity contribution in [3.8, 4) is 51.0 Å². The van der Waals surface area contributed by atoms with E-state index in [4.69, 9.17) is 15.0 Å². The van der Waals surface area contributed by atoms with Crippen LogP contribution in [-0.2, 0) is 12.4 Å². The molecule has 0 fully saturated rings. The van der Waals surface area contributed by atoms with E-state index in [9.17, 15) is 26.3 Å². The molecule has 8 rings (SSSR count). The van der Waals surface area contributed by atoms with Gasteiger partial charge in [-0.1, -0.05) is 91.0 Å². The average Bonchev–Trinajstić information content (AvgIpc) is 3.48. The van der Waals surface area contributed by atoms with Crippen LogP contribution in [0.4, 0.5) is 30.7 Å². The third-order valence-corrected chi connectivity index (χ3v) is 8.79. The van der Waals surface area contributed by atoms with Crippen LogP contribution < -0.4 is 0 Å². The van der Waals surface area contributed by atoms with Crippen LogP contribution in [0.25, 0.3) is 72.8 Å². The molecular formula is C41H23F7N4. The molecule has 0 unspecified atom stereocenters. The van der Waals surface area contributed by atoms with Crippen LogP contribution in [0.15, 0.2) is 140 Å². The third kappa shape index (κ3) is 5.93. The second kappa shape index (κ2) is 12.4. The SMILES string of the molecule is Fc1ccccc1-c1cc(-n2c3cc(C(F)(F)F)ccc3c3ccc(C(F)(F)F)cc32)ccc1-c1nc(-c2ccccc2)nc(-c2ccccc2)n1. The summed E-state index contributed by atoms with van der Waals surface area (Å²) in [5, 5.41) is 0.622. The molecule has 52 heavy (non-hydrogen) atoms. The average molecular weight is 705 g/mol. The quantitative estimate of drug-likeness (QED) is 0.168. The molecule has 2 heterocycles. The van der Waals surface area contributed by atoms with Gasteiger partial charge in [-0.2, -0.15) is 26.3 Å². The molecule has 0 radical (unpaired) electrons. The summed E-state index contributed by atoms with van der Waals surface area (Å²) >= 11 is 0. The maximum absolute atomic E-state index is 15.7. The number of halogens is 7. The van der Waals surface area contributed by atoms with E-state index in [2.05, 4.69) is 0 Å². The molecule has 6 aromatic carbocycles. The number of aromatic nitrogens is 4. The lowest BCUT2D eigenvalue weighted by Crippen LogP contribution is -2.06. The van der Waals surface area contributed by atoms with Crippen LogP contribution in [0.5, 0.6) is 0 Å². The summed E-state index contributed by atoms with van der Waals surface area (Å²) in [5.41, 5.74) is 0.417. The minimum atomic E-state index is -4.72. The standard InChI is InChI=1S/C41H23F7N4/c42-34-14-8-7-13-29(34)33-23-28(52-35-21-26(40(43,44)45)15-18-30(35)31-19-16-27(22-36(31)52)41(46,47)48)17-20-32(33)39-50-37(24-9-3-1-4-10-24)49-38(51-39)25-11-5-2-6-12-25/h1-23H.